The van der Waals surface area contributed by atoms with E-state index in [1.165, 1.54) is 25.7 Å². The Balaban J connectivity index is 3.06. The summed E-state index contributed by atoms with van der Waals surface area (Å²) in [7, 11) is 0. The summed E-state index contributed by atoms with van der Waals surface area (Å²) in [6.07, 6.45) is 7.48. The molecular formula is C19H38N2S. The van der Waals surface area contributed by atoms with E-state index in [-0.39, 0.29) is 5.54 Å². The lowest BCUT2D eigenvalue weighted by Gasteiger charge is -2.41. The third kappa shape index (κ3) is 5.79. The average Bonchev–Trinajstić information content (AvgIpc) is 2.44. The van der Waals surface area contributed by atoms with Crippen molar-refractivity contribution in [3.05, 3.63) is 0 Å². The van der Waals surface area contributed by atoms with E-state index < -0.39 is 0 Å². The first-order chi connectivity index (χ1) is 10.2. The van der Waals surface area contributed by atoms with Gasteiger partial charge in [0.1, 0.15) is 0 Å². The minimum absolute atomic E-state index is 0.0791. The zero-order valence-electron chi connectivity index (χ0n) is 16.1. The van der Waals surface area contributed by atoms with Crippen LogP contribution >= 0.6 is 11.8 Å². The van der Waals surface area contributed by atoms with Crippen molar-refractivity contribution in [1.29, 1.82) is 0 Å². The molecule has 2 nitrogen and oxygen atoms in total. The molecule has 0 spiro atoms. The molecule has 130 valence electrons. The lowest BCUT2D eigenvalue weighted by Crippen LogP contribution is -2.43. The molecular weight excluding hydrogens is 288 g/mol. The lowest BCUT2D eigenvalue weighted by atomic mass is 9.68. The maximum absolute atomic E-state index is 5.26. The summed E-state index contributed by atoms with van der Waals surface area (Å²) in [5.74, 6) is 2.97. The van der Waals surface area contributed by atoms with Gasteiger partial charge in [-0.1, -0.05) is 52.3 Å². The molecule has 1 saturated carbocycles. The molecule has 22 heavy (non-hydrogen) atoms. The fraction of sp³-hybridized carbons (Fsp3) is 0.947. The summed E-state index contributed by atoms with van der Waals surface area (Å²) < 4.78 is 0. The predicted octanol–water partition coefficient (Wildman–Crippen LogP) is 5.58. The smallest absolute Gasteiger partial charge is 0.156 e. The molecule has 1 rings (SSSR count). The number of aliphatic imine (C=N–C) groups is 1. The van der Waals surface area contributed by atoms with Gasteiger partial charge in [0.15, 0.2) is 5.17 Å². The highest BCUT2D eigenvalue weighted by atomic mass is 32.2. The number of amidine groups is 1. The molecule has 0 bridgehead atoms. The summed E-state index contributed by atoms with van der Waals surface area (Å²) in [4.78, 5) is 5.26. The van der Waals surface area contributed by atoms with Crippen LogP contribution in [-0.2, 0) is 0 Å². The van der Waals surface area contributed by atoms with E-state index in [4.69, 9.17) is 4.99 Å². The monoisotopic (exact) mass is 326 g/mol. The summed E-state index contributed by atoms with van der Waals surface area (Å²) in [6, 6.07) is 0.487. The Hall–Kier alpha value is -0.180. The molecule has 0 heterocycles. The molecule has 3 heteroatoms. The second kappa shape index (κ2) is 8.61. The van der Waals surface area contributed by atoms with Crippen LogP contribution in [0.3, 0.4) is 0 Å². The number of rotatable bonds is 4. The molecule has 4 unspecified atom stereocenters. The molecule has 0 amide bonds. The third-order valence-corrected chi connectivity index (χ3v) is 5.72. The maximum Gasteiger partial charge on any atom is 0.156 e. The third-order valence-electron chi connectivity index (χ3n) is 5.13. The van der Waals surface area contributed by atoms with Gasteiger partial charge >= 0.3 is 0 Å². The molecule has 0 saturated heterocycles. The van der Waals surface area contributed by atoms with E-state index in [1.54, 1.807) is 11.8 Å². The van der Waals surface area contributed by atoms with Crippen LogP contribution in [0.1, 0.15) is 74.1 Å². The van der Waals surface area contributed by atoms with E-state index in [1.807, 2.05) is 0 Å². The lowest BCUT2D eigenvalue weighted by molar-refractivity contribution is 0.134. The van der Waals surface area contributed by atoms with Crippen molar-refractivity contribution >= 4 is 16.9 Å². The van der Waals surface area contributed by atoms with E-state index in [2.05, 4.69) is 60.0 Å². The van der Waals surface area contributed by atoms with E-state index in [0.29, 0.717) is 6.04 Å². The quantitative estimate of drug-likeness (QED) is 0.538. The summed E-state index contributed by atoms with van der Waals surface area (Å²) >= 11 is 1.76. The molecule has 0 aromatic rings. The first-order valence-electron chi connectivity index (χ1n) is 9.09. The van der Waals surface area contributed by atoms with Gasteiger partial charge in [-0.3, -0.25) is 4.99 Å². The van der Waals surface area contributed by atoms with Gasteiger partial charge < -0.3 is 5.32 Å². The highest BCUT2D eigenvalue weighted by molar-refractivity contribution is 8.13. The number of hydrogen-bond donors (Lipinski definition) is 1. The Labute approximate surface area is 143 Å². The molecule has 1 N–H and O–H groups in total. The molecule has 0 aromatic heterocycles. The largest absolute Gasteiger partial charge is 0.360 e. The van der Waals surface area contributed by atoms with Gasteiger partial charge in [-0.25, -0.2) is 0 Å². The average molecular weight is 327 g/mol. The summed E-state index contributed by atoms with van der Waals surface area (Å²) in [6.45, 7) is 16.1. The Bertz CT molecular complexity index is 357. The van der Waals surface area contributed by atoms with Crippen LogP contribution in [0, 0.1) is 23.7 Å². The maximum atomic E-state index is 5.26. The van der Waals surface area contributed by atoms with Crippen LogP contribution in [0.2, 0.25) is 0 Å². The molecule has 0 radical (unpaired) electrons. The van der Waals surface area contributed by atoms with Gasteiger partial charge in [0, 0.05) is 5.54 Å². The van der Waals surface area contributed by atoms with Crippen LogP contribution in [0.15, 0.2) is 4.99 Å². The van der Waals surface area contributed by atoms with Gasteiger partial charge in [-0.15, -0.1) is 0 Å². The van der Waals surface area contributed by atoms with Crippen LogP contribution in [0.25, 0.3) is 0 Å². The van der Waals surface area contributed by atoms with Gasteiger partial charge in [0.2, 0.25) is 0 Å². The topological polar surface area (TPSA) is 24.4 Å². The molecule has 1 aliphatic rings. The second-order valence-corrected chi connectivity index (χ2v) is 9.19. The van der Waals surface area contributed by atoms with Crippen molar-refractivity contribution in [3.63, 3.8) is 0 Å². The van der Waals surface area contributed by atoms with Crippen molar-refractivity contribution < 1.29 is 0 Å². The van der Waals surface area contributed by atoms with Crippen molar-refractivity contribution in [2.75, 3.05) is 6.26 Å². The highest BCUT2D eigenvalue weighted by Crippen LogP contribution is 2.40. The number of hydrogen-bond acceptors (Lipinski definition) is 2. The normalized spacial score (nSPS) is 28.8. The summed E-state index contributed by atoms with van der Waals surface area (Å²) in [5, 5.41) is 4.73. The standard InChI is InChI=1S/C19H38N2S/c1-9-14(4)16-12-10-11-15(13(2)3)17(16)20-18(22-8)21-19(5,6)7/h13-17H,9-12H2,1-8H3,(H,20,21). The zero-order valence-corrected chi connectivity index (χ0v) is 16.9. The number of thioether (sulfide) groups is 1. The first-order valence-corrected chi connectivity index (χ1v) is 10.3. The molecule has 0 aliphatic heterocycles. The Morgan fingerprint density at radius 1 is 1.18 bits per heavy atom. The minimum Gasteiger partial charge on any atom is -0.360 e. The zero-order chi connectivity index (χ0) is 16.9. The van der Waals surface area contributed by atoms with Gasteiger partial charge in [0.05, 0.1) is 6.04 Å². The van der Waals surface area contributed by atoms with Crippen LogP contribution in [0.5, 0.6) is 0 Å². The Morgan fingerprint density at radius 3 is 2.23 bits per heavy atom. The molecule has 4 atom stereocenters. The number of nitrogens with one attached hydrogen (secondary N) is 1. The van der Waals surface area contributed by atoms with Crippen molar-refractivity contribution in [1.82, 2.24) is 5.32 Å². The van der Waals surface area contributed by atoms with Crippen LogP contribution in [0.4, 0.5) is 0 Å². The Morgan fingerprint density at radius 2 is 1.77 bits per heavy atom. The van der Waals surface area contributed by atoms with Crippen LogP contribution in [-0.4, -0.2) is 23.0 Å². The molecule has 1 fully saturated rings. The van der Waals surface area contributed by atoms with Gasteiger partial charge in [-0.2, -0.15) is 0 Å². The minimum atomic E-state index is 0.0791. The van der Waals surface area contributed by atoms with E-state index in [0.717, 1.165) is 28.8 Å². The molecule has 0 aromatic carbocycles. The van der Waals surface area contributed by atoms with Crippen LogP contribution < -0.4 is 5.32 Å². The number of nitrogens with zero attached hydrogens (tertiary/aromatic N) is 1. The fourth-order valence-corrected chi connectivity index (χ4v) is 4.32. The van der Waals surface area contributed by atoms with E-state index >= 15 is 0 Å². The van der Waals surface area contributed by atoms with E-state index in [9.17, 15) is 0 Å². The van der Waals surface area contributed by atoms with Gasteiger partial charge in [0.25, 0.3) is 0 Å². The predicted molar refractivity (Wildman–Crippen MR) is 103 cm³/mol. The molecule has 1 aliphatic carbocycles. The first kappa shape index (κ1) is 19.9. The van der Waals surface area contributed by atoms with Crippen molar-refractivity contribution in [3.8, 4) is 0 Å². The van der Waals surface area contributed by atoms with Crippen molar-refractivity contribution in [2.45, 2.75) is 85.7 Å². The highest BCUT2D eigenvalue weighted by Gasteiger charge is 2.37. The van der Waals surface area contributed by atoms with Gasteiger partial charge in [-0.05, 0) is 63.5 Å². The van der Waals surface area contributed by atoms with Crippen molar-refractivity contribution in [2.24, 2.45) is 28.7 Å². The Kier molecular flexibility index (Phi) is 7.78. The summed E-state index contributed by atoms with van der Waals surface area (Å²) in [5.41, 5.74) is 0.0791. The SMILES string of the molecule is CCC(C)C1CCCC(C(C)C)C1N=C(NC(C)(C)C)SC. The second-order valence-electron chi connectivity index (χ2n) is 8.39. The fourth-order valence-electron chi connectivity index (χ4n) is 3.68.